The van der Waals surface area contributed by atoms with E-state index in [4.69, 9.17) is 0 Å². The SMILES string of the molecule is CC[NH+](CC(=O)Nc1cc(C)nn1-c1nc(C)cc(C)n1)Cc1ccccc1. The van der Waals surface area contributed by atoms with Crippen LogP contribution in [0.2, 0.25) is 0 Å². The molecule has 146 valence electrons. The van der Waals surface area contributed by atoms with Gasteiger partial charge in [0.2, 0.25) is 0 Å². The second-order valence-electron chi connectivity index (χ2n) is 7.02. The van der Waals surface area contributed by atoms with Crippen molar-refractivity contribution in [3.8, 4) is 5.95 Å². The van der Waals surface area contributed by atoms with Gasteiger partial charge in [0.25, 0.3) is 11.9 Å². The third kappa shape index (κ3) is 5.01. The summed E-state index contributed by atoms with van der Waals surface area (Å²) in [6.07, 6.45) is 0. The minimum absolute atomic E-state index is 0.0571. The minimum atomic E-state index is -0.0571. The van der Waals surface area contributed by atoms with Crippen LogP contribution in [0, 0.1) is 20.8 Å². The first kappa shape index (κ1) is 19.7. The Kier molecular flexibility index (Phi) is 6.16. The normalized spacial score (nSPS) is 12.0. The molecule has 7 nitrogen and oxygen atoms in total. The molecule has 0 saturated heterocycles. The minimum Gasteiger partial charge on any atom is -0.324 e. The Balaban J connectivity index is 1.73. The van der Waals surface area contributed by atoms with E-state index >= 15 is 0 Å². The van der Waals surface area contributed by atoms with Crippen molar-refractivity contribution in [3.05, 3.63) is 65.1 Å². The molecule has 2 aromatic heterocycles. The zero-order valence-corrected chi connectivity index (χ0v) is 16.9. The van der Waals surface area contributed by atoms with Gasteiger partial charge >= 0.3 is 0 Å². The number of nitrogens with zero attached hydrogens (tertiary/aromatic N) is 4. The second kappa shape index (κ2) is 8.75. The monoisotopic (exact) mass is 379 g/mol. The van der Waals surface area contributed by atoms with Gasteiger partial charge in [-0.05, 0) is 33.8 Å². The first-order valence-corrected chi connectivity index (χ1v) is 9.51. The highest BCUT2D eigenvalue weighted by molar-refractivity contribution is 5.90. The van der Waals surface area contributed by atoms with E-state index in [1.165, 1.54) is 10.5 Å². The average Bonchev–Trinajstić information content (AvgIpc) is 3.01. The molecular weight excluding hydrogens is 352 g/mol. The fourth-order valence-corrected chi connectivity index (χ4v) is 3.15. The average molecular weight is 379 g/mol. The number of likely N-dealkylation sites (N-methyl/N-ethyl adjacent to an activating group) is 1. The van der Waals surface area contributed by atoms with Gasteiger partial charge in [-0.25, -0.2) is 9.97 Å². The molecule has 7 heteroatoms. The molecule has 2 heterocycles. The van der Waals surface area contributed by atoms with E-state index in [9.17, 15) is 4.79 Å². The molecule has 3 aromatic rings. The summed E-state index contributed by atoms with van der Waals surface area (Å²) < 4.78 is 1.59. The van der Waals surface area contributed by atoms with Crippen LogP contribution in [0.5, 0.6) is 0 Å². The maximum Gasteiger partial charge on any atom is 0.280 e. The van der Waals surface area contributed by atoms with Crippen LogP contribution in [0.3, 0.4) is 0 Å². The van der Waals surface area contributed by atoms with Gasteiger partial charge in [-0.15, -0.1) is 0 Å². The van der Waals surface area contributed by atoms with Gasteiger partial charge in [0.1, 0.15) is 12.4 Å². The number of rotatable bonds is 7. The lowest BCUT2D eigenvalue weighted by Crippen LogP contribution is -3.11. The molecule has 2 N–H and O–H groups in total. The molecule has 0 aliphatic carbocycles. The molecule has 1 aromatic carbocycles. The smallest absolute Gasteiger partial charge is 0.280 e. The Morgan fingerprint density at radius 2 is 1.71 bits per heavy atom. The molecule has 0 radical (unpaired) electrons. The topological polar surface area (TPSA) is 77.1 Å². The molecule has 28 heavy (non-hydrogen) atoms. The van der Waals surface area contributed by atoms with Gasteiger partial charge < -0.3 is 10.2 Å². The van der Waals surface area contributed by atoms with E-state index in [1.807, 2.05) is 51.1 Å². The Labute approximate surface area is 165 Å². The van der Waals surface area contributed by atoms with Gasteiger partial charge in [-0.2, -0.15) is 9.78 Å². The summed E-state index contributed by atoms with van der Waals surface area (Å²) in [6.45, 7) is 9.85. The fraction of sp³-hybridized carbons (Fsp3) is 0.333. The summed E-state index contributed by atoms with van der Waals surface area (Å²) in [5.74, 6) is 0.992. The van der Waals surface area contributed by atoms with Gasteiger partial charge in [-0.1, -0.05) is 30.3 Å². The quantitative estimate of drug-likeness (QED) is 0.654. The molecule has 0 spiro atoms. The van der Waals surface area contributed by atoms with Crippen molar-refractivity contribution in [2.45, 2.75) is 34.2 Å². The van der Waals surface area contributed by atoms with E-state index < -0.39 is 0 Å². The number of amides is 1. The molecule has 1 amide bonds. The predicted molar refractivity (Wildman–Crippen MR) is 109 cm³/mol. The number of hydrogen-bond acceptors (Lipinski definition) is 4. The van der Waals surface area contributed by atoms with Crippen LogP contribution in [-0.2, 0) is 11.3 Å². The molecule has 0 fully saturated rings. The van der Waals surface area contributed by atoms with Crippen molar-refractivity contribution >= 4 is 11.7 Å². The largest absolute Gasteiger partial charge is 0.324 e. The Bertz CT molecular complexity index is 931. The maximum absolute atomic E-state index is 12.7. The van der Waals surface area contributed by atoms with E-state index in [2.05, 4.69) is 39.4 Å². The third-order valence-corrected chi connectivity index (χ3v) is 4.47. The number of carbonyl (C=O) groups is 1. The standard InChI is InChI=1S/C21H26N6O/c1-5-26(13-18-9-7-6-8-10-18)14-20(28)24-19-12-17(4)25-27(19)21-22-15(2)11-16(3)23-21/h6-12H,5,13-14H2,1-4H3,(H,24,28)/p+1. The van der Waals surface area contributed by atoms with E-state index in [0.29, 0.717) is 18.3 Å². The summed E-state index contributed by atoms with van der Waals surface area (Å²) in [5.41, 5.74) is 3.73. The first-order valence-electron chi connectivity index (χ1n) is 9.51. The summed E-state index contributed by atoms with van der Waals surface area (Å²) in [4.78, 5) is 22.8. The van der Waals surface area contributed by atoms with Crippen molar-refractivity contribution in [2.24, 2.45) is 0 Å². The number of carbonyl (C=O) groups excluding carboxylic acids is 1. The number of aromatic nitrogens is 4. The molecule has 0 aliphatic heterocycles. The number of hydrogen-bond donors (Lipinski definition) is 2. The number of aryl methyl sites for hydroxylation is 3. The number of benzene rings is 1. The van der Waals surface area contributed by atoms with Crippen LogP contribution < -0.4 is 10.2 Å². The molecule has 1 unspecified atom stereocenters. The summed E-state index contributed by atoms with van der Waals surface area (Å²) in [7, 11) is 0. The van der Waals surface area contributed by atoms with Crippen molar-refractivity contribution in [1.82, 2.24) is 19.7 Å². The van der Waals surface area contributed by atoms with Gasteiger partial charge in [-0.3, -0.25) is 4.79 Å². The summed E-state index contributed by atoms with van der Waals surface area (Å²) in [6, 6.07) is 14.0. The second-order valence-corrected chi connectivity index (χ2v) is 7.02. The maximum atomic E-state index is 12.7. The van der Waals surface area contributed by atoms with E-state index in [0.717, 1.165) is 30.2 Å². The highest BCUT2D eigenvalue weighted by Crippen LogP contribution is 2.15. The zero-order chi connectivity index (χ0) is 20.1. The lowest BCUT2D eigenvalue weighted by Gasteiger charge is -2.17. The van der Waals surface area contributed by atoms with Crippen molar-refractivity contribution < 1.29 is 9.69 Å². The summed E-state index contributed by atoms with van der Waals surface area (Å²) in [5, 5.41) is 7.43. The van der Waals surface area contributed by atoms with E-state index in [-0.39, 0.29) is 5.91 Å². The molecule has 0 bridgehead atoms. The molecular formula is C21H27N6O+. The molecule has 1 atom stereocenters. The van der Waals surface area contributed by atoms with Crippen LogP contribution >= 0.6 is 0 Å². The van der Waals surface area contributed by atoms with Crippen LogP contribution in [0.4, 0.5) is 5.82 Å². The number of anilines is 1. The first-order chi connectivity index (χ1) is 13.4. The van der Waals surface area contributed by atoms with Crippen molar-refractivity contribution in [2.75, 3.05) is 18.4 Å². The fourth-order valence-electron chi connectivity index (χ4n) is 3.15. The third-order valence-electron chi connectivity index (χ3n) is 4.47. The number of nitrogens with one attached hydrogen (secondary N) is 2. The Morgan fingerprint density at radius 1 is 1.04 bits per heavy atom. The van der Waals surface area contributed by atoms with Gasteiger partial charge in [0.15, 0.2) is 6.54 Å². The molecule has 0 aliphatic rings. The zero-order valence-electron chi connectivity index (χ0n) is 16.9. The lowest BCUT2D eigenvalue weighted by atomic mass is 10.2. The highest BCUT2D eigenvalue weighted by Gasteiger charge is 2.17. The van der Waals surface area contributed by atoms with Crippen LogP contribution in [0.25, 0.3) is 5.95 Å². The van der Waals surface area contributed by atoms with Crippen LogP contribution in [0.15, 0.2) is 42.5 Å². The predicted octanol–water partition coefficient (Wildman–Crippen LogP) is 1.63. The molecule has 0 saturated carbocycles. The Morgan fingerprint density at radius 3 is 2.36 bits per heavy atom. The van der Waals surface area contributed by atoms with Gasteiger partial charge in [0.05, 0.1) is 12.2 Å². The number of quaternary nitrogens is 1. The summed E-state index contributed by atoms with van der Waals surface area (Å²) >= 11 is 0. The van der Waals surface area contributed by atoms with Crippen LogP contribution in [-0.4, -0.2) is 38.7 Å². The van der Waals surface area contributed by atoms with Crippen molar-refractivity contribution in [3.63, 3.8) is 0 Å². The van der Waals surface area contributed by atoms with Gasteiger partial charge in [0, 0.05) is 23.0 Å². The van der Waals surface area contributed by atoms with Crippen LogP contribution in [0.1, 0.15) is 29.6 Å². The lowest BCUT2D eigenvalue weighted by molar-refractivity contribution is -0.903. The van der Waals surface area contributed by atoms with E-state index in [1.54, 1.807) is 4.68 Å². The van der Waals surface area contributed by atoms with Crippen molar-refractivity contribution in [1.29, 1.82) is 0 Å². The molecule has 3 rings (SSSR count). The highest BCUT2D eigenvalue weighted by atomic mass is 16.2. The Hall–Kier alpha value is -3.06.